The van der Waals surface area contributed by atoms with Crippen LogP contribution in [0.2, 0.25) is 0 Å². The van der Waals surface area contributed by atoms with Crippen LogP contribution in [0.1, 0.15) is 19.4 Å². The minimum Gasteiger partial charge on any atom is -0.381 e. The Morgan fingerprint density at radius 3 is 2.36 bits per heavy atom. The predicted octanol–water partition coefficient (Wildman–Crippen LogP) is 3.18. The average Bonchev–Trinajstić information content (AvgIpc) is 3.15. The number of hydrogen-bond donors (Lipinski definition) is 1. The summed E-state index contributed by atoms with van der Waals surface area (Å²) in [6, 6.07) is 6.65. The number of nitrogens with one attached hydrogen (secondary N) is 1. The van der Waals surface area contributed by atoms with Crippen LogP contribution in [-0.2, 0) is 25.9 Å². The van der Waals surface area contributed by atoms with Gasteiger partial charge >= 0.3 is 11.5 Å². The largest absolute Gasteiger partial charge is 0.501 e. The van der Waals surface area contributed by atoms with Crippen LogP contribution in [0.3, 0.4) is 0 Å². The molecule has 1 saturated carbocycles. The molecule has 1 aliphatic carbocycles. The van der Waals surface area contributed by atoms with Gasteiger partial charge in [0.15, 0.2) is 0 Å². The number of benzene rings is 1. The Balaban J connectivity index is 1.35. The lowest BCUT2D eigenvalue weighted by atomic mass is 10.0. The molecule has 2 saturated heterocycles. The van der Waals surface area contributed by atoms with Gasteiger partial charge < -0.3 is 15.0 Å². The van der Waals surface area contributed by atoms with Gasteiger partial charge in [-0.2, -0.15) is 13.2 Å². The second kappa shape index (κ2) is 8.17. The van der Waals surface area contributed by atoms with E-state index in [0.29, 0.717) is 23.7 Å². The second-order valence-electron chi connectivity index (χ2n) is 9.60. The van der Waals surface area contributed by atoms with Crippen LogP contribution in [0, 0.1) is 11.8 Å². The number of anilines is 2. The van der Waals surface area contributed by atoms with Crippen molar-refractivity contribution in [3.8, 4) is 0 Å². The van der Waals surface area contributed by atoms with E-state index in [2.05, 4.69) is 10.3 Å². The Bertz CT molecular complexity index is 1320. The standard InChI is InChI=1S/C23H23F3N4O5S/c1-22(2)20(31)30(14-3-5-15(6-4-14)36(33,34)23(24,25)26)21(32)29(22)10-13-7-8-27-18(9-13)28-19-16-11-35-12-17(16)19/h3-9,16-17,19H,10-12H2,1-2H3,(H,27,28)/t16-,17+,19?. The number of halogens is 3. The van der Waals surface area contributed by atoms with Crippen molar-refractivity contribution in [2.24, 2.45) is 11.8 Å². The molecule has 3 aliphatic rings. The first kappa shape index (κ1) is 24.5. The number of imide groups is 1. The summed E-state index contributed by atoms with van der Waals surface area (Å²) in [6.45, 7) is 4.68. The highest BCUT2D eigenvalue weighted by Crippen LogP contribution is 2.46. The summed E-state index contributed by atoms with van der Waals surface area (Å²) >= 11 is 0. The number of sulfone groups is 1. The zero-order chi connectivity index (χ0) is 26.0. The highest BCUT2D eigenvalue weighted by atomic mass is 32.2. The van der Waals surface area contributed by atoms with Gasteiger partial charge in [-0.3, -0.25) is 4.79 Å². The first-order valence-corrected chi connectivity index (χ1v) is 12.7. The molecule has 1 unspecified atom stereocenters. The summed E-state index contributed by atoms with van der Waals surface area (Å²) in [5, 5.41) is 3.39. The van der Waals surface area contributed by atoms with Crippen LogP contribution >= 0.6 is 0 Å². The number of alkyl halides is 3. The zero-order valence-electron chi connectivity index (χ0n) is 19.3. The summed E-state index contributed by atoms with van der Waals surface area (Å²) in [6.07, 6.45) is 1.61. The molecule has 0 spiro atoms. The van der Waals surface area contributed by atoms with Crippen LogP contribution in [-0.4, -0.2) is 60.5 Å². The van der Waals surface area contributed by atoms with Crippen molar-refractivity contribution in [2.75, 3.05) is 23.4 Å². The quantitative estimate of drug-likeness (QED) is 0.578. The van der Waals surface area contributed by atoms with Gasteiger partial charge in [0.25, 0.3) is 15.7 Å². The summed E-state index contributed by atoms with van der Waals surface area (Å²) in [4.78, 5) is 32.0. The van der Waals surface area contributed by atoms with Crippen molar-refractivity contribution in [3.05, 3.63) is 48.2 Å². The molecule has 2 aliphatic heterocycles. The number of aromatic nitrogens is 1. The van der Waals surface area contributed by atoms with E-state index in [1.165, 1.54) is 4.90 Å². The average molecular weight is 525 g/mol. The lowest BCUT2D eigenvalue weighted by Crippen LogP contribution is -2.43. The third-order valence-corrected chi connectivity index (χ3v) is 8.47. The highest BCUT2D eigenvalue weighted by Gasteiger charge is 2.54. The number of urea groups is 1. The molecule has 1 N–H and O–H groups in total. The van der Waals surface area contributed by atoms with Crippen LogP contribution < -0.4 is 10.2 Å². The Kier molecular flexibility index (Phi) is 5.56. The summed E-state index contributed by atoms with van der Waals surface area (Å²) in [7, 11) is -5.55. The minimum atomic E-state index is -5.55. The lowest BCUT2D eigenvalue weighted by molar-refractivity contribution is -0.123. The van der Waals surface area contributed by atoms with Crippen LogP contribution in [0.25, 0.3) is 0 Å². The van der Waals surface area contributed by atoms with E-state index in [-0.39, 0.29) is 12.2 Å². The number of rotatable bonds is 6. The number of carbonyl (C=O) groups excluding carboxylic acids is 2. The molecular formula is C23H23F3N4O5S. The lowest BCUT2D eigenvalue weighted by Gasteiger charge is -2.27. The van der Waals surface area contributed by atoms with Crippen molar-refractivity contribution < 1.29 is 35.9 Å². The fraction of sp³-hybridized carbons (Fsp3) is 0.435. The number of fused-ring (bicyclic) bond motifs is 1. The maximum absolute atomic E-state index is 13.3. The first-order valence-electron chi connectivity index (χ1n) is 11.2. The predicted molar refractivity (Wildman–Crippen MR) is 122 cm³/mol. The van der Waals surface area contributed by atoms with Gasteiger partial charge in [0.2, 0.25) is 0 Å². The van der Waals surface area contributed by atoms with Crippen LogP contribution in [0.4, 0.5) is 29.5 Å². The molecule has 0 radical (unpaired) electrons. The SMILES string of the molecule is CC1(C)C(=O)N(c2ccc(S(=O)(=O)C(F)(F)F)cc2)C(=O)N1Cc1ccnc(NC2[C@H]3COC[C@@H]23)c1. The van der Waals surface area contributed by atoms with Gasteiger partial charge in [-0.25, -0.2) is 23.1 Å². The number of nitrogens with zero attached hydrogens (tertiary/aromatic N) is 3. The van der Waals surface area contributed by atoms with Gasteiger partial charge in [-0.05, 0) is 55.8 Å². The molecule has 192 valence electrons. The number of pyridine rings is 1. The molecule has 5 rings (SSSR count). The maximum Gasteiger partial charge on any atom is 0.501 e. The Morgan fingerprint density at radius 2 is 1.75 bits per heavy atom. The molecule has 3 fully saturated rings. The smallest absolute Gasteiger partial charge is 0.381 e. The van der Waals surface area contributed by atoms with E-state index < -0.39 is 37.7 Å². The summed E-state index contributed by atoms with van der Waals surface area (Å²) in [5.74, 6) is 1.01. The third kappa shape index (κ3) is 3.90. The number of ether oxygens (including phenoxy) is 1. The number of amides is 3. The third-order valence-electron chi connectivity index (χ3n) is 6.97. The molecule has 3 atom stereocenters. The van der Waals surface area contributed by atoms with Crippen LogP contribution in [0.5, 0.6) is 0 Å². The van der Waals surface area contributed by atoms with E-state index in [1.54, 1.807) is 26.1 Å². The Hall–Kier alpha value is -3.19. The molecular weight excluding hydrogens is 501 g/mol. The molecule has 36 heavy (non-hydrogen) atoms. The fourth-order valence-corrected chi connectivity index (χ4v) is 5.46. The molecule has 1 aromatic carbocycles. The van der Waals surface area contributed by atoms with Crippen molar-refractivity contribution in [3.63, 3.8) is 0 Å². The highest BCUT2D eigenvalue weighted by molar-refractivity contribution is 7.92. The van der Waals surface area contributed by atoms with Crippen molar-refractivity contribution >= 4 is 33.3 Å². The molecule has 1 aromatic heterocycles. The monoisotopic (exact) mass is 524 g/mol. The van der Waals surface area contributed by atoms with Gasteiger partial charge in [0.1, 0.15) is 11.4 Å². The van der Waals surface area contributed by atoms with Crippen molar-refractivity contribution in [2.45, 2.75) is 42.4 Å². The van der Waals surface area contributed by atoms with Gasteiger partial charge in [0, 0.05) is 30.6 Å². The second-order valence-corrected chi connectivity index (χ2v) is 11.5. The molecule has 13 heteroatoms. The molecule has 0 bridgehead atoms. The van der Waals surface area contributed by atoms with Gasteiger partial charge in [-0.15, -0.1) is 0 Å². The number of carbonyl (C=O) groups is 2. The molecule has 3 amide bonds. The van der Waals surface area contributed by atoms with E-state index in [1.807, 2.05) is 6.07 Å². The normalized spacial score (nSPS) is 25.3. The van der Waals surface area contributed by atoms with Gasteiger partial charge in [-0.1, -0.05) is 0 Å². The zero-order valence-corrected chi connectivity index (χ0v) is 20.1. The molecule has 9 nitrogen and oxygen atoms in total. The van der Waals surface area contributed by atoms with E-state index in [0.717, 1.165) is 47.9 Å². The van der Waals surface area contributed by atoms with Crippen molar-refractivity contribution in [1.29, 1.82) is 0 Å². The Labute approximate surface area is 205 Å². The molecule has 3 heterocycles. The first-order chi connectivity index (χ1) is 16.8. The van der Waals surface area contributed by atoms with E-state index >= 15 is 0 Å². The van der Waals surface area contributed by atoms with Crippen molar-refractivity contribution in [1.82, 2.24) is 9.88 Å². The summed E-state index contributed by atoms with van der Waals surface area (Å²) < 4.78 is 67.2. The summed E-state index contributed by atoms with van der Waals surface area (Å²) in [5.41, 5.74) is -6.01. The van der Waals surface area contributed by atoms with Crippen LogP contribution in [0.15, 0.2) is 47.5 Å². The maximum atomic E-state index is 13.3. The van der Waals surface area contributed by atoms with E-state index in [4.69, 9.17) is 4.74 Å². The molecule has 2 aromatic rings. The van der Waals surface area contributed by atoms with E-state index in [9.17, 15) is 31.2 Å². The van der Waals surface area contributed by atoms with Gasteiger partial charge in [0.05, 0.1) is 23.8 Å². The minimum absolute atomic E-state index is 0.0266. The topological polar surface area (TPSA) is 109 Å². The Morgan fingerprint density at radius 1 is 1.11 bits per heavy atom. The number of hydrogen-bond acceptors (Lipinski definition) is 7. The fourth-order valence-electron chi connectivity index (χ4n) is 4.70.